The number of amides is 2. The summed E-state index contributed by atoms with van der Waals surface area (Å²) in [5.41, 5.74) is -1.24. The van der Waals surface area contributed by atoms with Crippen LogP contribution in [0.2, 0.25) is 0 Å². The van der Waals surface area contributed by atoms with Crippen molar-refractivity contribution < 1.29 is 24.6 Å². The highest BCUT2D eigenvalue weighted by molar-refractivity contribution is 8.00. The fourth-order valence-corrected chi connectivity index (χ4v) is 4.24. The molecule has 0 radical (unpaired) electrons. The fourth-order valence-electron chi connectivity index (χ4n) is 3.12. The van der Waals surface area contributed by atoms with Crippen LogP contribution in [0.1, 0.15) is 73.6 Å². The lowest BCUT2D eigenvalue weighted by Gasteiger charge is -2.32. The molecule has 1 aromatic carbocycles. The summed E-state index contributed by atoms with van der Waals surface area (Å²) >= 11 is 1.52. The maximum atomic E-state index is 12.6. The normalized spacial score (nSPS) is 13.3. The Morgan fingerprint density at radius 2 is 1.38 bits per heavy atom. The van der Waals surface area contributed by atoms with Crippen molar-refractivity contribution in [1.82, 2.24) is 10.6 Å². The third kappa shape index (κ3) is 11.0. The van der Waals surface area contributed by atoms with Crippen molar-refractivity contribution in [3.8, 4) is 0 Å². The zero-order valence-corrected chi connectivity index (χ0v) is 20.8. The quantitative estimate of drug-likeness (QED) is 0.329. The van der Waals surface area contributed by atoms with Gasteiger partial charge in [-0.1, -0.05) is 18.2 Å². The first kappa shape index (κ1) is 28.0. The van der Waals surface area contributed by atoms with Gasteiger partial charge in [-0.25, -0.2) is 0 Å². The number of aliphatic hydroxyl groups excluding tert-OH is 1. The van der Waals surface area contributed by atoms with Gasteiger partial charge in [0.2, 0.25) is 11.8 Å². The first-order valence-corrected chi connectivity index (χ1v) is 11.7. The van der Waals surface area contributed by atoms with E-state index in [0.29, 0.717) is 12.8 Å². The Labute approximate surface area is 195 Å². The molecule has 180 valence electrons. The summed E-state index contributed by atoms with van der Waals surface area (Å²) in [5.74, 6) is -1.36. The monoisotopic (exact) mass is 466 g/mol. The second kappa shape index (κ2) is 11.7. The molecule has 0 bridgehead atoms. The molecule has 0 spiro atoms. The average molecular weight is 467 g/mol. The van der Waals surface area contributed by atoms with Gasteiger partial charge >= 0.3 is 5.97 Å². The molecule has 0 aliphatic rings. The van der Waals surface area contributed by atoms with Crippen LogP contribution in [0.5, 0.6) is 0 Å². The van der Waals surface area contributed by atoms with Crippen molar-refractivity contribution in [3.63, 3.8) is 0 Å². The van der Waals surface area contributed by atoms with E-state index in [1.807, 2.05) is 58.0 Å². The molecule has 0 saturated heterocycles. The van der Waals surface area contributed by atoms with Crippen molar-refractivity contribution in [2.75, 3.05) is 0 Å². The average Bonchev–Trinajstić information content (AvgIpc) is 2.64. The Hall–Kier alpha value is -2.06. The number of aliphatic hydroxyl groups is 1. The second-order valence-corrected chi connectivity index (χ2v) is 11.7. The Morgan fingerprint density at radius 3 is 1.91 bits per heavy atom. The van der Waals surface area contributed by atoms with Crippen LogP contribution in [-0.2, 0) is 14.4 Å². The van der Waals surface area contributed by atoms with E-state index in [0.717, 1.165) is 4.90 Å². The van der Waals surface area contributed by atoms with Crippen LogP contribution in [0.15, 0.2) is 35.2 Å². The van der Waals surface area contributed by atoms with E-state index >= 15 is 0 Å². The number of carbonyl (C=O) groups is 3. The van der Waals surface area contributed by atoms with E-state index in [4.69, 9.17) is 5.11 Å². The van der Waals surface area contributed by atoms with Crippen molar-refractivity contribution in [3.05, 3.63) is 30.3 Å². The third-order valence-electron chi connectivity index (χ3n) is 5.20. The lowest BCUT2D eigenvalue weighted by molar-refractivity contribution is -0.137. The Bertz CT molecular complexity index is 778. The van der Waals surface area contributed by atoms with E-state index in [9.17, 15) is 19.5 Å². The van der Waals surface area contributed by atoms with Crippen LogP contribution >= 0.6 is 11.8 Å². The molecule has 8 heteroatoms. The molecule has 0 heterocycles. The lowest BCUT2D eigenvalue weighted by atomic mass is 9.95. The van der Waals surface area contributed by atoms with Gasteiger partial charge in [0.1, 0.15) is 0 Å². The van der Waals surface area contributed by atoms with Crippen molar-refractivity contribution in [2.45, 2.75) is 100 Å². The molecule has 0 aliphatic heterocycles. The summed E-state index contributed by atoms with van der Waals surface area (Å²) in [6.45, 7) is 11.1. The molecule has 2 amide bonds. The van der Waals surface area contributed by atoms with E-state index in [1.165, 1.54) is 11.8 Å². The number of nitrogens with one attached hydrogen (secondary N) is 2. The molecule has 0 aromatic heterocycles. The summed E-state index contributed by atoms with van der Waals surface area (Å²) in [7, 11) is 0. The number of benzene rings is 1. The topological polar surface area (TPSA) is 116 Å². The lowest BCUT2D eigenvalue weighted by Crippen LogP contribution is -2.48. The molecular formula is C24H38N2O5S. The number of thioether (sulfide) groups is 1. The predicted octanol–water partition coefficient (Wildman–Crippen LogP) is 3.74. The summed E-state index contributed by atoms with van der Waals surface area (Å²) in [4.78, 5) is 36.6. The minimum absolute atomic E-state index is 0.0178. The van der Waals surface area contributed by atoms with Gasteiger partial charge in [0.25, 0.3) is 0 Å². The number of carbonyl (C=O) groups excluding carboxylic acids is 2. The van der Waals surface area contributed by atoms with Crippen LogP contribution in [0.25, 0.3) is 0 Å². The third-order valence-corrected chi connectivity index (χ3v) is 6.51. The molecule has 1 unspecified atom stereocenters. The van der Waals surface area contributed by atoms with E-state index < -0.39 is 27.9 Å². The zero-order valence-electron chi connectivity index (χ0n) is 20.0. The fraction of sp³-hybridized carbons (Fsp3) is 0.625. The standard InChI is InChI=1S/C24H38N2O5S/c1-22(2,14-12-19(28)25-23(3,4)15-13-21(30)31)26-20(29)16-18(27)24(5,6)32-17-10-8-7-9-11-17/h7-11,18,27H,12-16H2,1-6H3,(H,25,28)(H,26,29)(H,30,31). The number of carboxylic acid groups (broad SMARTS) is 1. The molecule has 32 heavy (non-hydrogen) atoms. The molecule has 1 aromatic rings. The minimum atomic E-state index is -0.899. The van der Waals surface area contributed by atoms with Crippen LogP contribution < -0.4 is 10.6 Å². The highest BCUT2D eigenvalue weighted by Crippen LogP contribution is 2.36. The SMILES string of the molecule is CC(C)(CCC(=O)O)NC(=O)CCC(C)(C)NC(=O)CC(O)C(C)(C)Sc1ccccc1. The van der Waals surface area contributed by atoms with Gasteiger partial charge in [-0.05, 0) is 66.5 Å². The summed E-state index contributed by atoms with van der Waals surface area (Å²) < 4.78 is -0.551. The molecule has 0 fully saturated rings. The largest absolute Gasteiger partial charge is 0.481 e. The summed E-state index contributed by atoms with van der Waals surface area (Å²) in [5, 5.41) is 25.2. The van der Waals surface area contributed by atoms with Gasteiger partial charge in [-0.15, -0.1) is 11.8 Å². The van der Waals surface area contributed by atoms with Crippen LogP contribution in [0.3, 0.4) is 0 Å². The number of hydrogen-bond donors (Lipinski definition) is 4. The maximum Gasteiger partial charge on any atom is 0.303 e. The number of carboxylic acids is 1. The Balaban J connectivity index is 2.51. The minimum Gasteiger partial charge on any atom is -0.481 e. The van der Waals surface area contributed by atoms with E-state index in [1.54, 1.807) is 13.8 Å². The second-order valence-electron chi connectivity index (χ2n) is 10.00. The molecule has 7 nitrogen and oxygen atoms in total. The van der Waals surface area contributed by atoms with Gasteiger partial charge in [0, 0.05) is 33.6 Å². The first-order valence-electron chi connectivity index (χ1n) is 10.9. The van der Waals surface area contributed by atoms with Crippen molar-refractivity contribution in [1.29, 1.82) is 0 Å². The van der Waals surface area contributed by atoms with Crippen LogP contribution in [0.4, 0.5) is 0 Å². The molecular weight excluding hydrogens is 428 g/mol. The highest BCUT2D eigenvalue weighted by atomic mass is 32.2. The number of hydrogen-bond acceptors (Lipinski definition) is 5. The highest BCUT2D eigenvalue weighted by Gasteiger charge is 2.32. The first-order chi connectivity index (χ1) is 14.6. The van der Waals surface area contributed by atoms with Crippen LogP contribution in [-0.4, -0.2) is 49.9 Å². The molecule has 1 atom stereocenters. The molecule has 0 aliphatic carbocycles. The van der Waals surface area contributed by atoms with Gasteiger partial charge in [0.15, 0.2) is 0 Å². The maximum absolute atomic E-state index is 12.6. The molecule has 4 N–H and O–H groups in total. The Morgan fingerprint density at radius 1 is 0.875 bits per heavy atom. The van der Waals surface area contributed by atoms with Gasteiger partial charge in [-0.2, -0.15) is 0 Å². The molecule has 0 saturated carbocycles. The number of aliphatic carboxylic acids is 1. The van der Waals surface area contributed by atoms with Crippen LogP contribution in [0, 0.1) is 0 Å². The Kier molecular flexibility index (Phi) is 10.2. The van der Waals surface area contributed by atoms with Gasteiger partial charge in [-0.3, -0.25) is 14.4 Å². The predicted molar refractivity (Wildman–Crippen MR) is 128 cm³/mol. The summed E-state index contributed by atoms with van der Waals surface area (Å²) in [6.07, 6.45) is 0.0465. The smallest absolute Gasteiger partial charge is 0.303 e. The van der Waals surface area contributed by atoms with Crippen molar-refractivity contribution >= 4 is 29.5 Å². The number of rotatable bonds is 13. The summed E-state index contributed by atoms with van der Waals surface area (Å²) in [6, 6.07) is 9.74. The van der Waals surface area contributed by atoms with E-state index in [2.05, 4.69) is 10.6 Å². The van der Waals surface area contributed by atoms with Gasteiger partial charge in [0.05, 0.1) is 12.5 Å². The zero-order chi connectivity index (χ0) is 24.6. The molecule has 1 rings (SSSR count). The van der Waals surface area contributed by atoms with Gasteiger partial charge < -0.3 is 20.8 Å². The van der Waals surface area contributed by atoms with E-state index in [-0.39, 0.29) is 31.1 Å². The van der Waals surface area contributed by atoms with Crippen molar-refractivity contribution in [2.24, 2.45) is 0 Å².